The second kappa shape index (κ2) is 7.93. The van der Waals surface area contributed by atoms with Crippen LogP contribution in [0.3, 0.4) is 0 Å². The van der Waals surface area contributed by atoms with Gasteiger partial charge in [-0.1, -0.05) is 0 Å². The third-order valence-corrected chi connectivity index (χ3v) is 4.99. The number of aromatic nitrogens is 3. The Balaban J connectivity index is 1.43. The van der Waals surface area contributed by atoms with Crippen molar-refractivity contribution in [1.82, 2.24) is 19.7 Å². The first-order valence-electron chi connectivity index (χ1n) is 9.48. The number of fused-ring (bicyclic) bond motifs is 1. The molecular weight excluding hydrogens is 361 g/mol. The van der Waals surface area contributed by atoms with E-state index in [2.05, 4.69) is 20.3 Å². The molecule has 0 radical (unpaired) electrons. The number of likely N-dealkylation sites (tertiary alicyclic amines) is 1. The minimum Gasteiger partial charge on any atom is -0.322 e. The van der Waals surface area contributed by atoms with Crippen molar-refractivity contribution in [3.63, 3.8) is 0 Å². The highest BCUT2D eigenvalue weighted by Gasteiger charge is 2.14. The number of amides is 1. The molecular formula is C20H22FN5O2. The van der Waals surface area contributed by atoms with Crippen molar-refractivity contribution in [2.24, 2.45) is 0 Å². The molecule has 1 aromatic carbocycles. The van der Waals surface area contributed by atoms with Crippen LogP contribution < -0.4 is 10.9 Å². The smallest absolute Gasteiger partial charge is 0.257 e. The number of rotatable bonds is 6. The van der Waals surface area contributed by atoms with Crippen molar-refractivity contribution in [2.75, 3.05) is 25.0 Å². The van der Waals surface area contributed by atoms with Crippen LogP contribution in [0, 0.1) is 5.82 Å². The summed E-state index contributed by atoms with van der Waals surface area (Å²) in [6.07, 6.45) is 5.38. The summed E-state index contributed by atoms with van der Waals surface area (Å²) in [6, 6.07) is 6.87. The quantitative estimate of drug-likeness (QED) is 0.685. The van der Waals surface area contributed by atoms with Gasteiger partial charge in [-0.2, -0.15) is 5.10 Å². The number of benzene rings is 1. The maximum absolute atomic E-state index is 13.4. The number of nitrogens with one attached hydrogen (secondary N) is 2. The average molecular weight is 383 g/mol. The highest BCUT2D eigenvalue weighted by Crippen LogP contribution is 2.18. The number of hydrogen-bond acceptors (Lipinski definition) is 4. The number of aryl methyl sites for hydroxylation is 1. The molecule has 1 aliphatic heterocycles. The molecule has 146 valence electrons. The third kappa shape index (κ3) is 4.12. The maximum atomic E-state index is 13.4. The van der Waals surface area contributed by atoms with Gasteiger partial charge in [-0.05, 0) is 57.1 Å². The molecule has 8 heteroatoms. The number of carbonyl (C=O) groups is 1. The van der Waals surface area contributed by atoms with Gasteiger partial charge < -0.3 is 15.2 Å². The highest BCUT2D eigenvalue weighted by atomic mass is 19.1. The lowest BCUT2D eigenvalue weighted by Gasteiger charge is -2.13. The molecule has 7 nitrogen and oxygen atoms in total. The summed E-state index contributed by atoms with van der Waals surface area (Å²) in [5.41, 5.74) is 0.00289. The first kappa shape index (κ1) is 18.4. The van der Waals surface area contributed by atoms with Crippen LogP contribution in [0.25, 0.3) is 10.9 Å². The molecule has 0 atom stereocenters. The fourth-order valence-corrected chi connectivity index (χ4v) is 3.62. The third-order valence-electron chi connectivity index (χ3n) is 4.99. The summed E-state index contributed by atoms with van der Waals surface area (Å²) in [4.78, 5) is 29.5. The van der Waals surface area contributed by atoms with Gasteiger partial charge in [-0.25, -0.2) is 4.39 Å². The molecule has 0 unspecified atom stereocenters. The van der Waals surface area contributed by atoms with Crippen molar-refractivity contribution < 1.29 is 9.18 Å². The van der Waals surface area contributed by atoms with E-state index in [1.165, 1.54) is 50.2 Å². The summed E-state index contributed by atoms with van der Waals surface area (Å²) in [7, 11) is 0. The Hall–Kier alpha value is -3.00. The Kier molecular flexibility index (Phi) is 5.21. The van der Waals surface area contributed by atoms with Gasteiger partial charge in [0, 0.05) is 30.3 Å². The number of carbonyl (C=O) groups excluding carboxylic acids is 1. The van der Waals surface area contributed by atoms with Crippen molar-refractivity contribution in [3.05, 3.63) is 58.3 Å². The van der Waals surface area contributed by atoms with Crippen LogP contribution in [-0.4, -0.2) is 45.2 Å². The normalized spacial score (nSPS) is 14.6. The largest absolute Gasteiger partial charge is 0.322 e. The van der Waals surface area contributed by atoms with Crippen LogP contribution in [0.4, 0.5) is 10.2 Å². The van der Waals surface area contributed by atoms with E-state index < -0.39 is 17.3 Å². The first-order chi connectivity index (χ1) is 13.6. The second-order valence-corrected chi connectivity index (χ2v) is 7.06. The van der Waals surface area contributed by atoms with Gasteiger partial charge in [0.05, 0.1) is 11.1 Å². The molecule has 1 amide bonds. The van der Waals surface area contributed by atoms with Crippen molar-refractivity contribution in [2.45, 2.75) is 25.8 Å². The Bertz CT molecular complexity index is 1050. The van der Waals surface area contributed by atoms with E-state index in [1.54, 1.807) is 10.7 Å². The zero-order chi connectivity index (χ0) is 19.5. The SMILES string of the molecule is O=C(Nc1ccn(CCCN2CCCC2)n1)c1cc(=O)[nH]c2cc(F)ccc12. The van der Waals surface area contributed by atoms with Gasteiger partial charge >= 0.3 is 0 Å². The Morgan fingerprint density at radius 2 is 2.00 bits per heavy atom. The van der Waals surface area contributed by atoms with Gasteiger partial charge in [0.1, 0.15) is 5.82 Å². The molecule has 0 spiro atoms. The minimum atomic E-state index is -0.478. The Labute approximate surface area is 161 Å². The van der Waals surface area contributed by atoms with E-state index >= 15 is 0 Å². The maximum Gasteiger partial charge on any atom is 0.257 e. The van der Waals surface area contributed by atoms with Crippen LogP contribution in [0.1, 0.15) is 29.6 Å². The number of pyridine rings is 1. The van der Waals surface area contributed by atoms with E-state index in [4.69, 9.17) is 0 Å². The fourth-order valence-electron chi connectivity index (χ4n) is 3.62. The van der Waals surface area contributed by atoms with Crippen molar-refractivity contribution >= 4 is 22.6 Å². The summed E-state index contributed by atoms with van der Waals surface area (Å²) in [5.74, 6) is -0.514. The van der Waals surface area contributed by atoms with Crippen LogP contribution in [0.2, 0.25) is 0 Å². The Morgan fingerprint density at radius 3 is 2.82 bits per heavy atom. The van der Waals surface area contributed by atoms with Crippen LogP contribution in [0.15, 0.2) is 41.3 Å². The molecule has 1 aliphatic rings. The lowest BCUT2D eigenvalue weighted by atomic mass is 10.1. The molecule has 0 bridgehead atoms. The van der Waals surface area contributed by atoms with Gasteiger partial charge in [0.25, 0.3) is 5.91 Å². The van der Waals surface area contributed by atoms with Gasteiger partial charge in [0.2, 0.25) is 5.56 Å². The average Bonchev–Trinajstić information content (AvgIpc) is 3.33. The van der Waals surface area contributed by atoms with Crippen LogP contribution >= 0.6 is 0 Å². The van der Waals surface area contributed by atoms with E-state index in [0.29, 0.717) is 11.2 Å². The van der Waals surface area contributed by atoms with E-state index in [-0.39, 0.29) is 11.1 Å². The number of hydrogen-bond donors (Lipinski definition) is 2. The number of anilines is 1. The molecule has 3 heterocycles. The number of nitrogens with zero attached hydrogens (tertiary/aromatic N) is 3. The molecule has 28 heavy (non-hydrogen) atoms. The number of aromatic amines is 1. The summed E-state index contributed by atoms with van der Waals surface area (Å²) < 4.78 is 15.2. The van der Waals surface area contributed by atoms with E-state index in [9.17, 15) is 14.0 Å². The van der Waals surface area contributed by atoms with Gasteiger partial charge in [-0.15, -0.1) is 0 Å². The summed E-state index contributed by atoms with van der Waals surface area (Å²) in [6.45, 7) is 4.18. The molecule has 1 saturated heterocycles. The molecule has 3 aromatic rings. The standard InChI is InChI=1S/C20H22FN5O2/c21-14-4-5-15-16(13-19(27)22-17(15)12-14)20(28)23-18-6-11-26(24-18)10-3-9-25-7-1-2-8-25/h4-6,11-13H,1-3,7-10H2,(H,22,27)(H,23,24,28). The van der Waals surface area contributed by atoms with E-state index in [1.807, 2.05) is 6.20 Å². The fraction of sp³-hybridized carbons (Fsp3) is 0.350. The van der Waals surface area contributed by atoms with Gasteiger partial charge in [-0.3, -0.25) is 14.3 Å². The molecule has 2 N–H and O–H groups in total. The van der Waals surface area contributed by atoms with Crippen LogP contribution in [-0.2, 0) is 6.54 Å². The van der Waals surface area contributed by atoms with Crippen molar-refractivity contribution in [1.29, 1.82) is 0 Å². The predicted octanol–water partition coefficient (Wildman–Crippen LogP) is 2.60. The van der Waals surface area contributed by atoms with Gasteiger partial charge in [0.15, 0.2) is 5.82 Å². The summed E-state index contributed by atoms with van der Waals surface area (Å²) >= 11 is 0. The topological polar surface area (TPSA) is 83.0 Å². The Morgan fingerprint density at radius 1 is 1.18 bits per heavy atom. The summed E-state index contributed by atoms with van der Waals surface area (Å²) in [5, 5.41) is 7.57. The molecule has 2 aromatic heterocycles. The van der Waals surface area contributed by atoms with Crippen LogP contribution in [0.5, 0.6) is 0 Å². The molecule has 0 saturated carbocycles. The minimum absolute atomic E-state index is 0.183. The monoisotopic (exact) mass is 383 g/mol. The molecule has 0 aliphatic carbocycles. The highest BCUT2D eigenvalue weighted by molar-refractivity contribution is 6.11. The molecule has 4 rings (SSSR count). The second-order valence-electron chi connectivity index (χ2n) is 7.06. The molecule has 1 fully saturated rings. The number of halogens is 1. The first-order valence-corrected chi connectivity index (χ1v) is 9.48. The number of H-pyrrole nitrogens is 1. The zero-order valence-electron chi connectivity index (χ0n) is 15.4. The zero-order valence-corrected chi connectivity index (χ0v) is 15.4. The van der Waals surface area contributed by atoms with Crippen molar-refractivity contribution in [3.8, 4) is 0 Å². The lowest BCUT2D eigenvalue weighted by Crippen LogP contribution is -2.21. The van der Waals surface area contributed by atoms with E-state index in [0.717, 1.165) is 19.5 Å². The lowest BCUT2D eigenvalue weighted by molar-refractivity contribution is 0.102. The predicted molar refractivity (Wildman–Crippen MR) is 105 cm³/mol.